The Morgan fingerprint density at radius 2 is 1.90 bits per heavy atom. The monoisotopic (exact) mass is 143 g/mol. The van der Waals surface area contributed by atoms with Gasteiger partial charge in [-0.25, -0.2) is 0 Å². The molecule has 10 heavy (non-hydrogen) atoms. The molecule has 3 nitrogen and oxygen atoms in total. The fourth-order valence-electron chi connectivity index (χ4n) is 0.425. The summed E-state index contributed by atoms with van der Waals surface area (Å²) in [5, 5.41) is 2.52. The Hall–Kier alpha value is -0.860. The van der Waals surface area contributed by atoms with E-state index in [0.29, 0.717) is 6.29 Å². The van der Waals surface area contributed by atoms with Gasteiger partial charge in [0.15, 0.2) is 0 Å². The van der Waals surface area contributed by atoms with Crippen LogP contribution in [-0.2, 0) is 9.59 Å². The van der Waals surface area contributed by atoms with Gasteiger partial charge in [-0.15, -0.1) is 0 Å². The lowest BCUT2D eigenvalue weighted by Crippen LogP contribution is -2.36. The number of aldehydes is 1. The highest BCUT2D eigenvalue weighted by atomic mass is 16.2. The maximum Gasteiger partial charge on any atom is 0.223 e. The van der Waals surface area contributed by atoms with Gasteiger partial charge < -0.3 is 10.1 Å². The predicted octanol–water partition coefficient (Wildman–Crippen LogP) is 0.346. The van der Waals surface area contributed by atoms with Crippen LogP contribution in [-0.4, -0.2) is 18.2 Å². The van der Waals surface area contributed by atoms with E-state index in [1.54, 1.807) is 20.8 Å². The minimum absolute atomic E-state index is 0.0533. The molecular weight excluding hydrogens is 130 g/mol. The van der Waals surface area contributed by atoms with Crippen molar-refractivity contribution >= 4 is 12.2 Å². The van der Waals surface area contributed by atoms with Gasteiger partial charge >= 0.3 is 0 Å². The molecule has 1 amide bonds. The van der Waals surface area contributed by atoms with Gasteiger partial charge in [-0.05, 0) is 6.92 Å². The molecule has 1 N–H and O–H groups in total. The molecule has 58 valence electrons. The van der Waals surface area contributed by atoms with Crippen LogP contribution in [0.4, 0.5) is 0 Å². The van der Waals surface area contributed by atoms with E-state index in [1.807, 2.05) is 0 Å². The smallest absolute Gasteiger partial charge is 0.223 e. The van der Waals surface area contributed by atoms with Crippen LogP contribution in [0.2, 0.25) is 0 Å². The number of hydrogen-bond donors (Lipinski definition) is 1. The molecule has 0 saturated heterocycles. The van der Waals surface area contributed by atoms with Gasteiger partial charge in [-0.3, -0.25) is 4.79 Å². The molecule has 0 fully saturated rings. The summed E-state index contributed by atoms with van der Waals surface area (Å²) in [6.07, 6.45) is 0.709. The van der Waals surface area contributed by atoms with E-state index in [1.165, 1.54) is 0 Å². The molecular formula is C7H13NO2. The zero-order chi connectivity index (χ0) is 8.15. The first-order valence-electron chi connectivity index (χ1n) is 3.33. The van der Waals surface area contributed by atoms with E-state index in [9.17, 15) is 9.59 Å². The third kappa shape index (κ3) is 3.22. The normalized spacial score (nSPS) is 12.8. The van der Waals surface area contributed by atoms with Crippen molar-refractivity contribution in [2.24, 2.45) is 5.92 Å². The van der Waals surface area contributed by atoms with E-state index < -0.39 is 0 Å². The van der Waals surface area contributed by atoms with E-state index in [0.717, 1.165) is 0 Å². The van der Waals surface area contributed by atoms with Crippen molar-refractivity contribution in [3.05, 3.63) is 0 Å². The summed E-state index contributed by atoms with van der Waals surface area (Å²) < 4.78 is 0. The summed E-state index contributed by atoms with van der Waals surface area (Å²) in [6, 6.07) is -0.366. The topological polar surface area (TPSA) is 46.2 Å². The number of rotatable bonds is 3. The molecule has 0 aromatic rings. The summed E-state index contributed by atoms with van der Waals surface area (Å²) in [6.45, 7) is 5.22. The fourth-order valence-corrected chi connectivity index (χ4v) is 0.425. The van der Waals surface area contributed by atoms with E-state index in [2.05, 4.69) is 5.32 Å². The summed E-state index contributed by atoms with van der Waals surface area (Å²) in [7, 11) is 0. The van der Waals surface area contributed by atoms with Gasteiger partial charge in [0.1, 0.15) is 6.29 Å². The number of amides is 1. The molecule has 0 radical (unpaired) electrons. The van der Waals surface area contributed by atoms with Gasteiger partial charge in [0.2, 0.25) is 5.91 Å². The van der Waals surface area contributed by atoms with Gasteiger partial charge in [0.25, 0.3) is 0 Å². The van der Waals surface area contributed by atoms with Crippen LogP contribution >= 0.6 is 0 Å². The minimum Gasteiger partial charge on any atom is -0.347 e. The van der Waals surface area contributed by atoms with Crippen LogP contribution in [0.3, 0.4) is 0 Å². The predicted molar refractivity (Wildman–Crippen MR) is 38.5 cm³/mol. The number of hydrogen-bond acceptors (Lipinski definition) is 2. The van der Waals surface area contributed by atoms with Crippen molar-refractivity contribution in [2.75, 3.05) is 0 Å². The van der Waals surface area contributed by atoms with E-state index in [4.69, 9.17) is 0 Å². The molecule has 0 saturated carbocycles. The first-order valence-corrected chi connectivity index (χ1v) is 3.33. The summed E-state index contributed by atoms with van der Waals surface area (Å²) in [4.78, 5) is 20.9. The molecule has 0 aliphatic heterocycles. The Morgan fingerprint density at radius 3 is 2.20 bits per heavy atom. The van der Waals surface area contributed by atoms with Crippen LogP contribution < -0.4 is 5.32 Å². The molecule has 0 aromatic heterocycles. The fraction of sp³-hybridized carbons (Fsp3) is 0.714. The molecule has 3 heteroatoms. The summed E-state index contributed by atoms with van der Waals surface area (Å²) >= 11 is 0. The molecule has 0 heterocycles. The van der Waals surface area contributed by atoms with Crippen molar-refractivity contribution in [1.29, 1.82) is 0 Å². The molecule has 0 aliphatic rings. The molecule has 1 atom stereocenters. The lowest BCUT2D eigenvalue weighted by molar-refractivity contribution is -0.126. The Bertz CT molecular complexity index is 132. The SMILES string of the molecule is CC(C=O)NC(=O)C(C)C. The van der Waals surface area contributed by atoms with Crippen LogP contribution in [0.25, 0.3) is 0 Å². The van der Waals surface area contributed by atoms with Crippen molar-refractivity contribution in [3.8, 4) is 0 Å². The Kier molecular flexibility index (Phi) is 3.69. The minimum atomic E-state index is -0.366. The van der Waals surface area contributed by atoms with Gasteiger partial charge in [0.05, 0.1) is 6.04 Å². The summed E-state index contributed by atoms with van der Waals surface area (Å²) in [5.74, 6) is -0.137. The Labute approximate surface area is 60.8 Å². The maximum atomic E-state index is 10.8. The Morgan fingerprint density at radius 1 is 1.40 bits per heavy atom. The quantitative estimate of drug-likeness (QED) is 0.579. The van der Waals surface area contributed by atoms with Crippen molar-refractivity contribution in [1.82, 2.24) is 5.32 Å². The molecule has 0 spiro atoms. The molecule has 0 bridgehead atoms. The number of nitrogens with one attached hydrogen (secondary N) is 1. The number of carbonyl (C=O) groups excluding carboxylic acids is 2. The average Bonchev–Trinajstić information content (AvgIpc) is 1.87. The van der Waals surface area contributed by atoms with Crippen LogP contribution in [0.15, 0.2) is 0 Å². The van der Waals surface area contributed by atoms with Gasteiger partial charge in [-0.2, -0.15) is 0 Å². The van der Waals surface area contributed by atoms with Gasteiger partial charge in [0, 0.05) is 5.92 Å². The molecule has 0 aliphatic carbocycles. The van der Waals surface area contributed by atoms with Crippen LogP contribution in [0.5, 0.6) is 0 Å². The maximum absolute atomic E-state index is 10.8. The second-order valence-electron chi connectivity index (χ2n) is 2.59. The highest BCUT2D eigenvalue weighted by molar-refractivity contribution is 5.80. The second kappa shape index (κ2) is 4.04. The van der Waals surface area contributed by atoms with Crippen molar-refractivity contribution < 1.29 is 9.59 Å². The largest absolute Gasteiger partial charge is 0.347 e. The highest BCUT2D eigenvalue weighted by Gasteiger charge is 2.08. The first-order chi connectivity index (χ1) is 4.57. The highest BCUT2D eigenvalue weighted by Crippen LogP contribution is 1.90. The third-order valence-electron chi connectivity index (χ3n) is 1.10. The zero-order valence-corrected chi connectivity index (χ0v) is 6.55. The summed E-state index contributed by atoms with van der Waals surface area (Å²) in [5.41, 5.74) is 0. The number of carbonyl (C=O) groups is 2. The van der Waals surface area contributed by atoms with E-state index in [-0.39, 0.29) is 17.9 Å². The average molecular weight is 143 g/mol. The van der Waals surface area contributed by atoms with Crippen molar-refractivity contribution in [3.63, 3.8) is 0 Å². The third-order valence-corrected chi connectivity index (χ3v) is 1.10. The van der Waals surface area contributed by atoms with Crippen LogP contribution in [0, 0.1) is 5.92 Å². The standard InChI is InChI=1S/C7H13NO2/c1-5(2)7(10)8-6(3)4-9/h4-6H,1-3H3,(H,8,10). The lowest BCUT2D eigenvalue weighted by atomic mass is 10.2. The second-order valence-corrected chi connectivity index (χ2v) is 2.59. The molecule has 1 unspecified atom stereocenters. The Balaban J connectivity index is 3.68. The van der Waals surface area contributed by atoms with Crippen molar-refractivity contribution in [2.45, 2.75) is 26.8 Å². The van der Waals surface area contributed by atoms with E-state index >= 15 is 0 Å². The molecule has 0 aromatic carbocycles. The first kappa shape index (κ1) is 9.14. The van der Waals surface area contributed by atoms with Crippen LogP contribution in [0.1, 0.15) is 20.8 Å². The molecule has 0 rings (SSSR count). The lowest BCUT2D eigenvalue weighted by Gasteiger charge is -2.08. The van der Waals surface area contributed by atoms with Gasteiger partial charge in [-0.1, -0.05) is 13.8 Å². The zero-order valence-electron chi connectivity index (χ0n) is 6.55.